The van der Waals surface area contributed by atoms with E-state index in [0.717, 1.165) is 31.9 Å². The molecule has 6 nitrogen and oxygen atoms in total. The van der Waals surface area contributed by atoms with Crippen LogP contribution in [0.5, 0.6) is 0 Å². The van der Waals surface area contributed by atoms with Crippen LogP contribution in [-0.4, -0.2) is 62.1 Å². The van der Waals surface area contributed by atoms with Crippen molar-refractivity contribution >= 4 is 17.4 Å². The molecule has 1 fully saturated rings. The highest BCUT2D eigenvalue weighted by Gasteiger charge is 2.21. The molecular formula is C17H24FN5O. The summed E-state index contributed by atoms with van der Waals surface area (Å²) in [4.78, 5) is 18.2. The molecule has 1 aliphatic heterocycles. The standard InChI is InChI=1S/C17H24FN5O/c1-13(6-7-19)22(3)17(24)20-15-12-14(18)4-5-16(15)23-10-8-21(2)9-11-23/h4-5,12-13H,6,8-11H2,1-3H3,(H,20,24)/t13-/m1/s1. The molecule has 0 spiro atoms. The minimum atomic E-state index is -0.393. The topological polar surface area (TPSA) is 62.6 Å². The highest BCUT2D eigenvalue weighted by Crippen LogP contribution is 2.28. The second kappa shape index (κ2) is 7.97. The van der Waals surface area contributed by atoms with Crippen molar-refractivity contribution in [3.63, 3.8) is 0 Å². The van der Waals surface area contributed by atoms with Crippen molar-refractivity contribution in [3.05, 3.63) is 24.0 Å². The third-order valence-corrected chi connectivity index (χ3v) is 4.41. The average molecular weight is 333 g/mol. The van der Waals surface area contributed by atoms with E-state index in [1.165, 1.54) is 17.0 Å². The molecule has 1 aromatic rings. The van der Waals surface area contributed by atoms with Crippen LogP contribution in [0.15, 0.2) is 18.2 Å². The third kappa shape index (κ3) is 4.36. The molecule has 0 radical (unpaired) electrons. The molecule has 1 N–H and O–H groups in total. The van der Waals surface area contributed by atoms with E-state index in [1.807, 2.05) is 6.07 Å². The van der Waals surface area contributed by atoms with E-state index in [1.54, 1.807) is 20.0 Å². The minimum absolute atomic E-state index is 0.212. The Balaban J connectivity index is 2.15. The van der Waals surface area contributed by atoms with Crippen molar-refractivity contribution in [3.8, 4) is 6.07 Å². The van der Waals surface area contributed by atoms with Crippen LogP contribution >= 0.6 is 0 Å². The first-order valence-electron chi connectivity index (χ1n) is 8.06. The highest BCUT2D eigenvalue weighted by molar-refractivity contribution is 5.93. The first-order chi connectivity index (χ1) is 11.4. The lowest BCUT2D eigenvalue weighted by atomic mass is 10.2. The zero-order valence-electron chi connectivity index (χ0n) is 14.4. The second-order valence-corrected chi connectivity index (χ2v) is 6.20. The fourth-order valence-corrected chi connectivity index (χ4v) is 2.60. The molecule has 130 valence electrons. The van der Waals surface area contributed by atoms with Gasteiger partial charge in [-0.25, -0.2) is 9.18 Å². The summed E-state index contributed by atoms with van der Waals surface area (Å²) >= 11 is 0. The lowest BCUT2D eigenvalue weighted by Crippen LogP contribution is -2.45. The largest absolute Gasteiger partial charge is 0.367 e. The van der Waals surface area contributed by atoms with E-state index in [9.17, 15) is 9.18 Å². The number of rotatable bonds is 4. The zero-order valence-corrected chi connectivity index (χ0v) is 14.4. The van der Waals surface area contributed by atoms with Crippen molar-refractivity contribution in [1.29, 1.82) is 5.26 Å². The third-order valence-electron chi connectivity index (χ3n) is 4.41. The van der Waals surface area contributed by atoms with Crippen molar-refractivity contribution in [1.82, 2.24) is 9.80 Å². The minimum Gasteiger partial charge on any atom is -0.367 e. The van der Waals surface area contributed by atoms with Gasteiger partial charge in [0.1, 0.15) is 5.82 Å². The van der Waals surface area contributed by atoms with Gasteiger partial charge in [-0.15, -0.1) is 0 Å². The Morgan fingerprint density at radius 3 is 2.71 bits per heavy atom. The molecule has 2 rings (SSSR count). The highest BCUT2D eigenvalue weighted by atomic mass is 19.1. The Morgan fingerprint density at radius 2 is 2.08 bits per heavy atom. The summed E-state index contributed by atoms with van der Waals surface area (Å²) in [5, 5.41) is 11.5. The Bertz CT molecular complexity index is 622. The number of nitrogens with zero attached hydrogens (tertiary/aromatic N) is 4. The summed E-state index contributed by atoms with van der Waals surface area (Å²) < 4.78 is 13.7. The number of urea groups is 1. The van der Waals surface area contributed by atoms with Crippen molar-refractivity contribution in [2.75, 3.05) is 50.5 Å². The lowest BCUT2D eigenvalue weighted by Gasteiger charge is -2.35. The number of benzene rings is 1. The molecule has 0 bridgehead atoms. The van der Waals surface area contributed by atoms with Gasteiger partial charge in [0, 0.05) is 39.3 Å². The van der Waals surface area contributed by atoms with Gasteiger partial charge in [-0.1, -0.05) is 0 Å². The Kier molecular flexibility index (Phi) is 5.99. The van der Waals surface area contributed by atoms with Crippen LogP contribution in [-0.2, 0) is 0 Å². The lowest BCUT2D eigenvalue weighted by molar-refractivity contribution is 0.208. The molecule has 1 atom stereocenters. The predicted molar refractivity (Wildman–Crippen MR) is 92.6 cm³/mol. The molecule has 1 aliphatic rings. The van der Waals surface area contributed by atoms with Crippen molar-refractivity contribution < 1.29 is 9.18 Å². The maximum Gasteiger partial charge on any atom is 0.321 e. The van der Waals surface area contributed by atoms with Gasteiger partial charge >= 0.3 is 6.03 Å². The molecule has 24 heavy (non-hydrogen) atoms. The van der Waals surface area contributed by atoms with Crippen LogP contribution in [0, 0.1) is 17.1 Å². The molecule has 0 unspecified atom stereocenters. The van der Waals surface area contributed by atoms with Crippen LogP contribution in [0.2, 0.25) is 0 Å². The van der Waals surface area contributed by atoms with Crippen molar-refractivity contribution in [2.24, 2.45) is 0 Å². The van der Waals surface area contributed by atoms with Gasteiger partial charge < -0.3 is 20.0 Å². The van der Waals surface area contributed by atoms with Gasteiger partial charge in [0.05, 0.1) is 23.9 Å². The summed E-state index contributed by atoms with van der Waals surface area (Å²) in [5.74, 6) is -0.393. The summed E-state index contributed by atoms with van der Waals surface area (Å²) in [5.41, 5.74) is 1.28. The summed E-state index contributed by atoms with van der Waals surface area (Å²) in [7, 11) is 3.70. The number of amides is 2. The van der Waals surface area contributed by atoms with Crippen LogP contribution in [0.1, 0.15) is 13.3 Å². The van der Waals surface area contributed by atoms with E-state index < -0.39 is 5.82 Å². The van der Waals surface area contributed by atoms with E-state index in [-0.39, 0.29) is 18.5 Å². The number of hydrogen-bond acceptors (Lipinski definition) is 4. The molecule has 0 saturated carbocycles. The van der Waals surface area contributed by atoms with Crippen LogP contribution in [0.25, 0.3) is 0 Å². The van der Waals surface area contributed by atoms with Gasteiger partial charge in [0.15, 0.2) is 0 Å². The number of carbonyl (C=O) groups excluding carboxylic acids is 1. The smallest absolute Gasteiger partial charge is 0.321 e. The number of carbonyl (C=O) groups is 1. The number of anilines is 2. The second-order valence-electron chi connectivity index (χ2n) is 6.20. The van der Waals surface area contributed by atoms with Crippen LogP contribution in [0.3, 0.4) is 0 Å². The molecule has 7 heteroatoms. The van der Waals surface area contributed by atoms with Gasteiger partial charge in [0.25, 0.3) is 0 Å². The summed E-state index contributed by atoms with van der Waals surface area (Å²) in [6.07, 6.45) is 0.248. The Hall–Kier alpha value is -2.33. The van der Waals surface area contributed by atoms with Gasteiger partial charge in [-0.2, -0.15) is 5.26 Å². The normalized spacial score (nSPS) is 16.4. The summed E-state index contributed by atoms with van der Waals surface area (Å²) in [6, 6.07) is 5.94. The Morgan fingerprint density at radius 1 is 1.42 bits per heavy atom. The van der Waals surface area contributed by atoms with Crippen LogP contribution < -0.4 is 10.2 Å². The number of halogens is 1. The quantitative estimate of drug-likeness (QED) is 0.919. The number of piperazine rings is 1. The molecule has 1 saturated heterocycles. The number of nitrogens with one attached hydrogen (secondary N) is 1. The first-order valence-corrected chi connectivity index (χ1v) is 8.06. The molecule has 1 heterocycles. The van der Waals surface area contributed by atoms with E-state index >= 15 is 0 Å². The molecular weight excluding hydrogens is 309 g/mol. The first kappa shape index (κ1) is 18.0. The van der Waals surface area contributed by atoms with E-state index in [0.29, 0.717) is 5.69 Å². The van der Waals surface area contributed by atoms with E-state index in [4.69, 9.17) is 5.26 Å². The Labute approximate surface area is 142 Å². The maximum atomic E-state index is 13.7. The summed E-state index contributed by atoms with van der Waals surface area (Å²) in [6.45, 7) is 5.29. The maximum absolute atomic E-state index is 13.7. The number of likely N-dealkylation sites (N-methyl/N-ethyl adjacent to an activating group) is 1. The van der Waals surface area contributed by atoms with Gasteiger partial charge in [-0.05, 0) is 32.2 Å². The SMILES string of the molecule is C[C@H](CC#N)N(C)C(=O)Nc1cc(F)ccc1N1CCN(C)CC1. The van der Waals surface area contributed by atoms with E-state index in [2.05, 4.69) is 22.2 Å². The fourth-order valence-electron chi connectivity index (χ4n) is 2.60. The monoisotopic (exact) mass is 333 g/mol. The molecule has 1 aromatic carbocycles. The molecule has 2 amide bonds. The molecule has 0 aromatic heterocycles. The van der Waals surface area contributed by atoms with Crippen LogP contribution in [0.4, 0.5) is 20.6 Å². The zero-order chi connectivity index (χ0) is 17.7. The number of nitriles is 1. The average Bonchev–Trinajstić information content (AvgIpc) is 2.55. The predicted octanol–water partition coefficient (Wildman–Crippen LogP) is 2.34. The molecule has 0 aliphatic carbocycles. The van der Waals surface area contributed by atoms with Gasteiger partial charge in [0.2, 0.25) is 0 Å². The number of hydrogen-bond donors (Lipinski definition) is 1. The van der Waals surface area contributed by atoms with Crippen molar-refractivity contribution in [2.45, 2.75) is 19.4 Å². The van der Waals surface area contributed by atoms with Gasteiger partial charge in [-0.3, -0.25) is 0 Å². The fraction of sp³-hybridized carbons (Fsp3) is 0.529.